The number of piperidine rings is 1. The molecule has 1 aromatic carbocycles. The average molecular weight is 623 g/mol. The molecule has 3 fully saturated rings. The number of nitrogens with zero attached hydrogens (tertiary/aromatic N) is 4. The minimum absolute atomic E-state index is 0.00488. The number of aryl methyl sites for hydroxylation is 1. The molecule has 0 unspecified atom stereocenters. The molecule has 3 aliphatic heterocycles. The molecule has 1 saturated carbocycles. The summed E-state index contributed by atoms with van der Waals surface area (Å²) in [6, 6.07) is 8.79. The van der Waals surface area contributed by atoms with Crippen molar-refractivity contribution in [3.05, 3.63) is 47.2 Å². The Labute approximate surface area is 254 Å². The SMILES string of the molecule is Cc1nc(Nc2cccc(N3CCCCC3=O)n2)sc1-c1cc2c(c(S(=O)(=O)NC3COC3)c1)C(=O)N([C@@H](C)C1CC1)C2. The van der Waals surface area contributed by atoms with Crippen LogP contribution in [0.1, 0.15) is 60.6 Å². The summed E-state index contributed by atoms with van der Waals surface area (Å²) in [6.45, 7) is 5.58. The van der Waals surface area contributed by atoms with Crippen molar-refractivity contribution in [1.29, 1.82) is 0 Å². The fourth-order valence-corrected chi connectivity index (χ4v) is 8.48. The first-order chi connectivity index (χ1) is 20.7. The summed E-state index contributed by atoms with van der Waals surface area (Å²) in [7, 11) is -3.99. The van der Waals surface area contributed by atoms with Gasteiger partial charge in [0.25, 0.3) is 5.91 Å². The lowest BCUT2D eigenvalue weighted by molar-refractivity contribution is -0.119. The molecule has 4 aliphatic rings. The fraction of sp³-hybridized carbons (Fsp3) is 0.467. The molecule has 1 aliphatic carbocycles. The lowest BCUT2D eigenvalue weighted by Crippen LogP contribution is -2.48. The van der Waals surface area contributed by atoms with E-state index in [9.17, 15) is 18.0 Å². The Balaban J connectivity index is 1.22. The van der Waals surface area contributed by atoms with Gasteiger partial charge in [0.1, 0.15) is 11.6 Å². The third-order valence-electron chi connectivity index (χ3n) is 8.67. The molecule has 2 aromatic heterocycles. The van der Waals surface area contributed by atoms with Gasteiger partial charge in [0.2, 0.25) is 15.9 Å². The van der Waals surface area contributed by atoms with E-state index < -0.39 is 10.0 Å². The predicted octanol–water partition coefficient (Wildman–Crippen LogP) is 4.21. The Kier molecular flexibility index (Phi) is 7.23. The summed E-state index contributed by atoms with van der Waals surface area (Å²) in [4.78, 5) is 39.8. The maximum Gasteiger partial charge on any atom is 0.256 e. The standard InChI is InChI=1S/C30H34N6O5S2/c1-17-28(42-30(31-17)33-24-6-5-7-25(32-24)35-11-4-3-8-26(35)37)20-12-21-14-36(18(2)19-9-10-19)29(38)27(21)23(13-20)43(39,40)34-22-15-41-16-22/h5-7,12-13,18-19,22,34H,3-4,8-11,14-16H2,1-2H3,(H,31,32,33)/t18-/m0/s1. The Morgan fingerprint density at radius 1 is 1.12 bits per heavy atom. The Bertz CT molecular complexity index is 1720. The van der Waals surface area contributed by atoms with E-state index in [-0.39, 0.29) is 34.4 Å². The van der Waals surface area contributed by atoms with Crippen LogP contribution in [0.4, 0.5) is 16.8 Å². The van der Waals surface area contributed by atoms with Gasteiger partial charge in [-0.2, -0.15) is 0 Å². The van der Waals surface area contributed by atoms with Gasteiger partial charge >= 0.3 is 0 Å². The van der Waals surface area contributed by atoms with Crippen LogP contribution in [0.5, 0.6) is 0 Å². The zero-order chi connectivity index (χ0) is 29.9. The first-order valence-corrected chi connectivity index (χ1v) is 17.1. The largest absolute Gasteiger partial charge is 0.378 e. The van der Waals surface area contributed by atoms with Crippen LogP contribution in [0.2, 0.25) is 0 Å². The molecule has 2 amide bonds. The smallest absolute Gasteiger partial charge is 0.256 e. The summed E-state index contributed by atoms with van der Waals surface area (Å²) in [5, 5.41) is 3.86. The van der Waals surface area contributed by atoms with E-state index in [1.807, 2.05) is 36.1 Å². The molecule has 0 bridgehead atoms. The van der Waals surface area contributed by atoms with Crippen LogP contribution in [0.3, 0.4) is 0 Å². The number of benzene rings is 1. The molecule has 7 rings (SSSR count). The molecule has 2 N–H and O–H groups in total. The Hall–Kier alpha value is -3.39. The zero-order valence-corrected chi connectivity index (χ0v) is 25.8. The van der Waals surface area contributed by atoms with Gasteiger partial charge in [0, 0.05) is 25.6 Å². The number of carbonyl (C=O) groups excluding carboxylic acids is 2. The van der Waals surface area contributed by atoms with E-state index >= 15 is 0 Å². The van der Waals surface area contributed by atoms with Gasteiger partial charge in [-0.15, -0.1) is 0 Å². The molecule has 0 spiro atoms. The number of hydrogen-bond acceptors (Lipinski definition) is 9. The number of thiazole rings is 1. The Morgan fingerprint density at radius 3 is 2.65 bits per heavy atom. The average Bonchev–Trinajstić information content (AvgIpc) is 3.68. The summed E-state index contributed by atoms with van der Waals surface area (Å²) < 4.78 is 35.2. The highest BCUT2D eigenvalue weighted by molar-refractivity contribution is 7.89. The van der Waals surface area contributed by atoms with Crippen molar-refractivity contribution in [3.63, 3.8) is 0 Å². The first kappa shape index (κ1) is 28.4. The van der Waals surface area contributed by atoms with Crippen LogP contribution in [-0.2, 0) is 26.1 Å². The number of amides is 2. The van der Waals surface area contributed by atoms with E-state index in [0.717, 1.165) is 36.3 Å². The lowest BCUT2D eigenvalue weighted by Gasteiger charge is -2.27. The van der Waals surface area contributed by atoms with Gasteiger partial charge in [-0.1, -0.05) is 17.4 Å². The van der Waals surface area contributed by atoms with Crippen LogP contribution in [0, 0.1) is 12.8 Å². The maximum atomic E-state index is 13.7. The zero-order valence-electron chi connectivity index (χ0n) is 24.1. The third kappa shape index (κ3) is 5.43. The number of nitrogens with one attached hydrogen (secondary N) is 2. The van der Waals surface area contributed by atoms with Crippen molar-refractivity contribution >= 4 is 49.9 Å². The number of anilines is 3. The van der Waals surface area contributed by atoms with E-state index in [1.165, 1.54) is 11.3 Å². The minimum Gasteiger partial charge on any atom is -0.378 e. The normalized spacial score (nSPS) is 19.9. The van der Waals surface area contributed by atoms with Crippen molar-refractivity contribution in [2.24, 2.45) is 5.92 Å². The van der Waals surface area contributed by atoms with Crippen molar-refractivity contribution in [2.45, 2.75) is 69.5 Å². The molecule has 0 radical (unpaired) electrons. The molecule has 2 saturated heterocycles. The molecule has 226 valence electrons. The quantitative estimate of drug-likeness (QED) is 0.363. The molecular formula is C30H34N6O5S2. The van der Waals surface area contributed by atoms with Gasteiger partial charge in [0.15, 0.2) is 5.13 Å². The molecule has 13 heteroatoms. The van der Waals surface area contributed by atoms with Crippen LogP contribution >= 0.6 is 11.3 Å². The molecule has 1 atom stereocenters. The molecule has 5 heterocycles. The van der Waals surface area contributed by atoms with Crippen LogP contribution < -0.4 is 14.9 Å². The van der Waals surface area contributed by atoms with Crippen LogP contribution in [0.25, 0.3) is 10.4 Å². The summed E-state index contributed by atoms with van der Waals surface area (Å²) >= 11 is 1.39. The van der Waals surface area contributed by atoms with Crippen molar-refractivity contribution in [1.82, 2.24) is 19.6 Å². The molecule has 43 heavy (non-hydrogen) atoms. The van der Waals surface area contributed by atoms with Gasteiger partial charge in [-0.25, -0.2) is 23.1 Å². The van der Waals surface area contributed by atoms with Crippen LogP contribution in [-0.4, -0.2) is 66.9 Å². The summed E-state index contributed by atoms with van der Waals surface area (Å²) in [5.41, 5.74) is 2.40. The molecule has 11 nitrogen and oxygen atoms in total. The second-order valence-electron chi connectivity index (χ2n) is 11.8. The van der Waals surface area contributed by atoms with Gasteiger partial charge in [-0.05, 0) is 80.8 Å². The topological polar surface area (TPSA) is 134 Å². The summed E-state index contributed by atoms with van der Waals surface area (Å²) in [6.07, 6.45) is 4.55. The highest BCUT2D eigenvalue weighted by atomic mass is 32.2. The Morgan fingerprint density at radius 2 is 1.93 bits per heavy atom. The van der Waals surface area contributed by atoms with E-state index in [1.54, 1.807) is 11.0 Å². The number of fused-ring (bicyclic) bond motifs is 1. The number of pyridine rings is 1. The lowest BCUT2D eigenvalue weighted by atomic mass is 10.0. The predicted molar refractivity (Wildman–Crippen MR) is 163 cm³/mol. The van der Waals surface area contributed by atoms with E-state index in [2.05, 4.69) is 21.9 Å². The number of rotatable bonds is 9. The number of ether oxygens (including phenoxy) is 1. The number of sulfonamides is 1. The monoisotopic (exact) mass is 622 g/mol. The van der Waals surface area contributed by atoms with Crippen molar-refractivity contribution in [3.8, 4) is 10.4 Å². The number of carbonyl (C=O) groups is 2. The van der Waals surface area contributed by atoms with Gasteiger partial charge in [0.05, 0.1) is 40.3 Å². The maximum absolute atomic E-state index is 13.7. The van der Waals surface area contributed by atoms with Crippen LogP contribution in [0.15, 0.2) is 35.2 Å². The van der Waals surface area contributed by atoms with Gasteiger partial charge in [-0.3, -0.25) is 14.5 Å². The molecular weight excluding hydrogens is 589 g/mol. The first-order valence-electron chi connectivity index (χ1n) is 14.8. The highest BCUT2D eigenvalue weighted by Crippen LogP contribution is 2.42. The highest BCUT2D eigenvalue weighted by Gasteiger charge is 2.42. The van der Waals surface area contributed by atoms with Crippen molar-refractivity contribution < 1.29 is 22.7 Å². The third-order valence-corrected chi connectivity index (χ3v) is 11.3. The second kappa shape index (κ2) is 11.0. The van der Waals surface area contributed by atoms with Gasteiger partial charge < -0.3 is 15.0 Å². The van der Waals surface area contributed by atoms with E-state index in [0.29, 0.717) is 66.5 Å². The fourth-order valence-electron chi connectivity index (χ4n) is 6.05. The number of aromatic nitrogens is 2. The number of hydrogen-bond donors (Lipinski definition) is 2. The minimum atomic E-state index is -3.99. The second-order valence-corrected chi connectivity index (χ2v) is 14.5. The molecule has 3 aromatic rings. The van der Waals surface area contributed by atoms with Crippen molar-refractivity contribution in [2.75, 3.05) is 30.0 Å². The van der Waals surface area contributed by atoms with E-state index in [4.69, 9.17) is 9.72 Å². The summed E-state index contributed by atoms with van der Waals surface area (Å²) in [5.74, 6) is 1.48.